The number of ether oxygens (including phenoxy) is 1. The summed E-state index contributed by atoms with van der Waals surface area (Å²) in [5, 5.41) is 9.61. The number of benzene rings is 2. The number of halogens is 3. The highest BCUT2D eigenvalue weighted by molar-refractivity contribution is 5.88. The Morgan fingerprint density at radius 2 is 1.89 bits per heavy atom. The van der Waals surface area contributed by atoms with Crippen LogP contribution in [0.1, 0.15) is 29.8 Å². The molecule has 1 fully saturated rings. The highest BCUT2D eigenvalue weighted by Crippen LogP contribution is 2.49. The standard InChI is InChI=1S/C26H21F3N4O2/c27-19-3-1-2-18(10-19)26(28,29)17-6-4-15(5-7-17)21-22-23(30)31-8-9-33(22)24(32-21)20-13-35-25(14-34)11-16(20)12-25/h1-10,34H,11-14H2,(H2,30,31). The van der Waals surface area contributed by atoms with Gasteiger partial charge < -0.3 is 15.6 Å². The minimum atomic E-state index is -3.36. The van der Waals surface area contributed by atoms with Crippen LogP contribution in [-0.2, 0) is 10.7 Å². The molecule has 2 aromatic heterocycles. The number of anilines is 1. The van der Waals surface area contributed by atoms with Crippen molar-refractivity contribution in [3.63, 3.8) is 0 Å². The first-order valence-corrected chi connectivity index (χ1v) is 11.1. The average molecular weight is 478 g/mol. The summed E-state index contributed by atoms with van der Waals surface area (Å²) in [5.41, 5.74) is 8.81. The van der Waals surface area contributed by atoms with E-state index in [1.807, 2.05) is 4.40 Å². The van der Waals surface area contributed by atoms with Gasteiger partial charge in [-0.1, -0.05) is 42.0 Å². The van der Waals surface area contributed by atoms with Crippen LogP contribution in [0, 0.1) is 5.82 Å². The number of imidazole rings is 1. The molecular weight excluding hydrogens is 457 g/mol. The van der Waals surface area contributed by atoms with E-state index in [2.05, 4.69) is 4.98 Å². The van der Waals surface area contributed by atoms with Crippen molar-refractivity contribution < 1.29 is 23.0 Å². The van der Waals surface area contributed by atoms with Gasteiger partial charge in [0.2, 0.25) is 0 Å². The predicted octanol–water partition coefficient (Wildman–Crippen LogP) is 4.57. The van der Waals surface area contributed by atoms with E-state index in [4.69, 9.17) is 15.5 Å². The van der Waals surface area contributed by atoms with Crippen LogP contribution in [0.25, 0.3) is 22.3 Å². The van der Waals surface area contributed by atoms with E-state index in [1.54, 1.807) is 24.5 Å². The number of fused-ring (bicyclic) bond motifs is 3. The van der Waals surface area contributed by atoms with Crippen molar-refractivity contribution in [3.8, 4) is 11.3 Å². The molecule has 3 N–H and O–H groups in total. The molecule has 0 amide bonds. The molecule has 3 aliphatic rings. The lowest BCUT2D eigenvalue weighted by atomic mass is 9.71. The van der Waals surface area contributed by atoms with Crippen molar-refractivity contribution in [3.05, 3.63) is 89.3 Å². The molecule has 178 valence electrons. The number of nitrogen functional groups attached to an aromatic ring is 1. The van der Waals surface area contributed by atoms with Gasteiger partial charge in [0.05, 0.1) is 18.8 Å². The van der Waals surface area contributed by atoms with E-state index < -0.39 is 22.9 Å². The zero-order chi connectivity index (χ0) is 24.4. The van der Waals surface area contributed by atoms with E-state index in [0.29, 0.717) is 42.0 Å². The highest BCUT2D eigenvalue weighted by atomic mass is 19.3. The molecule has 0 saturated heterocycles. The molecule has 2 bridgehead atoms. The third-order valence-electron chi connectivity index (χ3n) is 6.87. The van der Waals surface area contributed by atoms with E-state index in [9.17, 15) is 9.50 Å². The van der Waals surface area contributed by atoms with Gasteiger partial charge in [0.15, 0.2) is 0 Å². The highest BCUT2D eigenvalue weighted by Gasteiger charge is 2.47. The quantitative estimate of drug-likeness (QED) is 0.439. The van der Waals surface area contributed by atoms with Crippen LogP contribution >= 0.6 is 0 Å². The first-order chi connectivity index (χ1) is 16.8. The van der Waals surface area contributed by atoms with Crippen LogP contribution < -0.4 is 5.73 Å². The molecule has 35 heavy (non-hydrogen) atoms. The minimum Gasteiger partial charge on any atom is -0.393 e. The SMILES string of the molecule is Nc1nccn2c(C3=C4CC(CO)(C4)OC3)nc(-c3ccc(C(F)(F)c4cccc(F)c4)cc3)c12. The zero-order valence-electron chi connectivity index (χ0n) is 18.5. The molecule has 2 aliphatic heterocycles. The van der Waals surface area contributed by atoms with Crippen LogP contribution in [0.15, 0.2) is 66.5 Å². The lowest BCUT2D eigenvalue weighted by Gasteiger charge is -2.47. The summed E-state index contributed by atoms with van der Waals surface area (Å²) in [7, 11) is 0. The summed E-state index contributed by atoms with van der Waals surface area (Å²) in [5.74, 6) is -3.17. The van der Waals surface area contributed by atoms with Crippen molar-refractivity contribution in [2.75, 3.05) is 18.9 Å². The maximum atomic E-state index is 15.0. The van der Waals surface area contributed by atoms with Crippen molar-refractivity contribution >= 4 is 16.9 Å². The lowest BCUT2D eigenvalue weighted by molar-refractivity contribution is -0.103. The Morgan fingerprint density at radius 1 is 1.11 bits per heavy atom. The third-order valence-corrected chi connectivity index (χ3v) is 6.87. The van der Waals surface area contributed by atoms with Gasteiger partial charge >= 0.3 is 0 Å². The maximum absolute atomic E-state index is 15.0. The van der Waals surface area contributed by atoms with Crippen LogP contribution in [0.3, 0.4) is 0 Å². The molecule has 4 heterocycles. The fourth-order valence-corrected chi connectivity index (χ4v) is 4.91. The van der Waals surface area contributed by atoms with Gasteiger partial charge in [0, 0.05) is 47.5 Å². The smallest absolute Gasteiger partial charge is 0.298 e. The molecule has 1 saturated carbocycles. The molecule has 4 aromatic rings. The number of alkyl halides is 2. The Kier molecular flexibility index (Phi) is 4.77. The molecule has 7 rings (SSSR count). The van der Waals surface area contributed by atoms with Gasteiger partial charge in [-0.25, -0.2) is 14.4 Å². The second-order valence-corrected chi connectivity index (χ2v) is 9.04. The number of aliphatic hydroxyl groups excluding tert-OH is 1. The first kappa shape index (κ1) is 21.8. The summed E-state index contributed by atoms with van der Waals surface area (Å²) in [6.07, 6.45) is 4.62. The molecule has 2 aromatic carbocycles. The molecular formula is C26H21F3N4O2. The Labute approximate surface area is 198 Å². The second-order valence-electron chi connectivity index (χ2n) is 9.04. The zero-order valence-corrected chi connectivity index (χ0v) is 18.5. The van der Waals surface area contributed by atoms with E-state index in [1.165, 1.54) is 29.8 Å². The van der Waals surface area contributed by atoms with Crippen LogP contribution in [0.2, 0.25) is 0 Å². The number of hydrogen-bond donors (Lipinski definition) is 2. The molecule has 9 heteroatoms. The number of rotatable bonds is 5. The largest absolute Gasteiger partial charge is 0.393 e. The Bertz CT molecular complexity index is 1490. The van der Waals surface area contributed by atoms with Crippen molar-refractivity contribution in [1.82, 2.24) is 14.4 Å². The number of aliphatic hydroxyl groups is 1. The summed E-state index contributed by atoms with van der Waals surface area (Å²) < 4.78 is 51.3. The Morgan fingerprint density at radius 3 is 2.54 bits per heavy atom. The summed E-state index contributed by atoms with van der Waals surface area (Å²) in [6.45, 7) is 0.288. The molecule has 6 nitrogen and oxygen atoms in total. The van der Waals surface area contributed by atoms with Gasteiger partial charge in [-0.3, -0.25) is 4.40 Å². The number of nitrogens with two attached hydrogens (primary N) is 1. The van der Waals surface area contributed by atoms with Crippen molar-refractivity contribution in [1.29, 1.82) is 0 Å². The molecule has 0 spiro atoms. The van der Waals surface area contributed by atoms with Crippen LogP contribution in [0.5, 0.6) is 0 Å². The summed E-state index contributed by atoms with van der Waals surface area (Å²) >= 11 is 0. The van der Waals surface area contributed by atoms with Gasteiger partial charge in [-0.2, -0.15) is 8.78 Å². The third kappa shape index (κ3) is 3.34. The number of aromatic nitrogens is 3. The molecule has 0 unspecified atom stereocenters. The predicted molar refractivity (Wildman–Crippen MR) is 124 cm³/mol. The lowest BCUT2D eigenvalue weighted by Crippen LogP contribution is -2.49. The normalized spacial score (nSPS) is 17.0. The minimum absolute atomic E-state index is 0.0269. The fourth-order valence-electron chi connectivity index (χ4n) is 4.91. The number of nitrogens with zero attached hydrogens (tertiary/aromatic N) is 3. The van der Waals surface area contributed by atoms with E-state index in [0.717, 1.165) is 17.7 Å². The Balaban J connectivity index is 1.42. The monoisotopic (exact) mass is 478 g/mol. The first-order valence-electron chi connectivity index (χ1n) is 11.1. The molecule has 1 aliphatic carbocycles. The van der Waals surface area contributed by atoms with Gasteiger partial charge in [-0.05, 0) is 12.1 Å². The van der Waals surface area contributed by atoms with Crippen molar-refractivity contribution in [2.45, 2.75) is 24.4 Å². The second kappa shape index (κ2) is 7.66. The van der Waals surface area contributed by atoms with Gasteiger partial charge in [0.25, 0.3) is 5.92 Å². The van der Waals surface area contributed by atoms with Gasteiger partial charge in [0.1, 0.15) is 28.7 Å². The van der Waals surface area contributed by atoms with E-state index in [-0.39, 0.29) is 18.0 Å². The Hall–Kier alpha value is -3.69. The van der Waals surface area contributed by atoms with Crippen LogP contribution in [0.4, 0.5) is 19.0 Å². The average Bonchev–Trinajstić information content (AvgIpc) is 3.24. The summed E-state index contributed by atoms with van der Waals surface area (Å²) in [6, 6.07) is 10.2. The maximum Gasteiger partial charge on any atom is 0.298 e. The number of hydrogen-bond acceptors (Lipinski definition) is 5. The molecule has 0 radical (unpaired) electrons. The van der Waals surface area contributed by atoms with E-state index >= 15 is 8.78 Å². The van der Waals surface area contributed by atoms with Gasteiger partial charge in [-0.15, -0.1) is 0 Å². The summed E-state index contributed by atoms with van der Waals surface area (Å²) in [4.78, 5) is 9.03. The van der Waals surface area contributed by atoms with Crippen molar-refractivity contribution in [2.24, 2.45) is 0 Å². The van der Waals surface area contributed by atoms with Crippen LogP contribution in [-0.4, -0.2) is 38.3 Å². The molecule has 0 atom stereocenters. The topological polar surface area (TPSA) is 85.7 Å². The fraction of sp³-hybridized carbons (Fsp3) is 0.231.